The van der Waals surface area contributed by atoms with Gasteiger partial charge >= 0.3 is 0 Å². The van der Waals surface area contributed by atoms with E-state index in [4.69, 9.17) is 14.2 Å². The molecule has 0 aliphatic carbocycles. The Morgan fingerprint density at radius 1 is 1.10 bits per heavy atom. The third-order valence-corrected chi connectivity index (χ3v) is 5.22. The van der Waals surface area contributed by atoms with Crippen LogP contribution in [-0.2, 0) is 4.74 Å². The van der Waals surface area contributed by atoms with Crippen LogP contribution in [0.2, 0.25) is 0 Å². The van der Waals surface area contributed by atoms with Crippen LogP contribution in [0, 0.1) is 0 Å². The van der Waals surface area contributed by atoms with Crippen LogP contribution in [0.4, 0.5) is 11.5 Å². The van der Waals surface area contributed by atoms with Crippen molar-refractivity contribution in [2.75, 3.05) is 51.9 Å². The smallest absolute Gasteiger partial charge is 0.162 e. The first-order valence-corrected chi connectivity index (χ1v) is 10.5. The number of morpholine rings is 1. The standard InChI is InChI=1S/C24H28N4O3/c1-3-4-18-5-7-19(8-6-18)27-24-20-15-23(22(29-2)16-21(20)25-17-26-24)31-14-11-28-9-12-30-13-10-28/h3-8,15-17H,9-14H2,1-2H3,(H,25,26,27)/b4-3+. The fraction of sp³-hybridized carbons (Fsp3) is 0.333. The summed E-state index contributed by atoms with van der Waals surface area (Å²) >= 11 is 0. The highest BCUT2D eigenvalue weighted by atomic mass is 16.5. The number of fused-ring (bicyclic) bond motifs is 1. The van der Waals surface area contributed by atoms with Crippen LogP contribution in [0.5, 0.6) is 11.5 Å². The maximum absolute atomic E-state index is 6.09. The lowest BCUT2D eigenvalue weighted by atomic mass is 10.1. The van der Waals surface area contributed by atoms with E-state index < -0.39 is 0 Å². The molecule has 31 heavy (non-hydrogen) atoms. The van der Waals surface area contributed by atoms with E-state index >= 15 is 0 Å². The average Bonchev–Trinajstić information content (AvgIpc) is 2.81. The van der Waals surface area contributed by atoms with Gasteiger partial charge in [-0.25, -0.2) is 9.97 Å². The van der Waals surface area contributed by atoms with Crippen LogP contribution in [0.1, 0.15) is 12.5 Å². The number of anilines is 2. The van der Waals surface area contributed by atoms with E-state index in [1.807, 2.05) is 37.3 Å². The van der Waals surface area contributed by atoms with Gasteiger partial charge in [-0.3, -0.25) is 4.90 Å². The lowest BCUT2D eigenvalue weighted by Crippen LogP contribution is -2.38. The van der Waals surface area contributed by atoms with Crippen molar-refractivity contribution >= 4 is 28.5 Å². The van der Waals surface area contributed by atoms with Crippen molar-refractivity contribution in [3.63, 3.8) is 0 Å². The quantitative estimate of drug-likeness (QED) is 0.588. The molecule has 1 aromatic heterocycles. The number of benzene rings is 2. The maximum atomic E-state index is 6.09. The molecule has 0 radical (unpaired) electrons. The van der Waals surface area contributed by atoms with Gasteiger partial charge in [-0.2, -0.15) is 0 Å². The minimum Gasteiger partial charge on any atom is -0.493 e. The maximum Gasteiger partial charge on any atom is 0.162 e. The number of nitrogens with one attached hydrogen (secondary N) is 1. The summed E-state index contributed by atoms with van der Waals surface area (Å²) in [6.45, 7) is 6.86. The Morgan fingerprint density at radius 3 is 2.65 bits per heavy atom. The minimum atomic E-state index is 0.574. The van der Waals surface area contributed by atoms with Crippen molar-refractivity contribution in [2.45, 2.75) is 6.92 Å². The van der Waals surface area contributed by atoms with Crippen molar-refractivity contribution in [3.8, 4) is 11.5 Å². The average molecular weight is 421 g/mol. The summed E-state index contributed by atoms with van der Waals surface area (Å²) < 4.78 is 17.0. The first kappa shape index (κ1) is 21.1. The van der Waals surface area contributed by atoms with Gasteiger partial charge in [0.25, 0.3) is 0 Å². The predicted octanol–water partition coefficient (Wildman–Crippen LogP) is 4.13. The molecule has 0 unspecified atom stereocenters. The van der Waals surface area contributed by atoms with Gasteiger partial charge in [0.1, 0.15) is 18.8 Å². The summed E-state index contributed by atoms with van der Waals surface area (Å²) in [5.74, 6) is 2.07. The van der Waals surface area contributed by atoms with Gasteiger partial charge in [-0.15, -0.1) is 0 Å². The molecule has 3 aromatic rings. The van der Waals surface area contributed by atoms with Crippen LogP contribution in [0.3, 0.4) is 0 Å². The lowest BCUT2D eigenvalue weighted by Gasteiger charge is -2.26. The first-order valence-electron chi connectivity index (χ1n) is 10.5. The zero-order chi connectivity index (χ0) is 21.5. The zero-order valence-corrected chi connectivity index (χ0v) is 18.0. The summed E-state index contributed by atoms with van der Waals surface area (Å²) in [4.78, 5) is 11.2. The molecular formula is C24H28N4O3. The molecule has 2 heterocycles. The Morgan fingerprint density at radius 2 is 1.90 bits per heavy atom. The normalized spacial score (nSPS) is 14.8. The molecule has 4 rings (SSSR count). The molecule has 0 bridgehead atoms. The van der Waals surface area contributed by atoms with Crippen LogP contribution < -0.4 is 14.8 Å². The van der Waals surface area contributed by atoms with Crippen molar-refractivity contribution < 1.29 is 14.2 Å². The van der Waals surface area contributed by atoms with Crippen LogP contribution in [0.15, 0.2) is 48.8 Å². The van der Waals surface area contributed by atoms with Gasteiger partial charge in [0.05, 0.1) is 25.8 Å². The Hall–Kier alpha value is -3.16. The number of hydrogen-bond acceptors (Lipinski definition) is 7. The summed E-state index contributed by atoms with van der Waals surface area (Å²) in [7, 11) is 1.64. The summed E-state index contributed by atoms with van der Waals surface area (Å²) in [6.07, 6.45) is 5.64. The van der Waals surface area contributed by atoms with E-state index in [0.717, 1.165) is 60.8 Å². The molecule has 0 amide bonds. The third-order valence-electron chi connectivity index (χ3n) is 5.22. The molecular weight excluding hydrogens is 392 g/mol. The van der Waals surface area contributed by atoms with Crippen molar-refractivity contribution in [1.29, 1.82) is 0 Å². The molecule has 1 N–H and O–H groups in total. The molecule has 1 fully saturated rings. The molecule has 1 aliphatic rings. The van der Waals surface area contributed by atoms with Crippen molar-refractivity contribution in [1.82, 2.24) is 14.9 Å². The SMILES string of the molecule is C/C=C/c1ccc(Nc2ncnc3cc(OC)c(OCCN4CCOCC4)cc23)cc1. The number of ether oxygens (including phenoxy) is 3. The molecule has 0 spiro atoms. The molecule has 162 valence electrons. The van der Waals surface area contributed by atoms with Gasteiger partial charge in [-0.05, 0) is 30.7 Å². The molecule has 1 aliphatic heterocycles. The number of aromatic nitrogens is 2. The fourth-order valence-corrected chi connectivity index (χ4v) is 3.55. The Kier molecular flexibility index (Phi) is 6.96. The third kappa shape index (κ3) is 5.31. The van der Waals surface area contributed by atoms with Crippen molar-refractivity contribution in [2.24, 2.45) is 0 Å². The molecule has 0 saturated carbocycles. The van der Waals surface area contributed by atoms with Crippen LogP contribution in [0.25, 0.3) is 17.0 Å². The van der Waals surface area contributed by atoms with E-state index in [1.54, 1.807) is 13.4 Å². The summed E-state index contributed by atoms with van der Waals surface area (Å²) in [5.41, 5.74) is 2.90. The highest BCUT2D eigenvalue weighted by molar-refractivity contribution is 5.93. The van der Waals surface area contributed by atoms with Gasteiger partial charge in [0, 0.05) is 36.8 Å². The summed E-state index contributed by atoms with van der Waals surface area (Å²) in [6, 6.07) is 12.0. The van der Waals surface area contributed by atoms with E-state index in [2.05, 4.69) is 38.4 Å². The minimum absolute atomic E-state index is 0.574. The zero-order valence-electron chi connectivity index (χ0n) is 18.0. The van der Waals surface area contributed by atoms with E-state index in [-0.39, 0.29) is 0 Å². The monoisotopic (exact) mass is 420 g/mol. The topological polar surface area (TPSA) is 68.7 Å². The van der Waals surface area contributed by atoms with Crippen molar-refractivity contribution in [3.05, 3.63) is 54.4 Å². The predicted molar refractivity (Wildman–Crippen MR) is 123 cm³/mol. The van der Waals surface area contributed by atoms with Gasteiger partial charge in [-0.1, -0.05) is 24.3 Å². The van der Waals surface area contributed by atoms with Crippen LogP contribution in [-0.4, -0.2) is 61.4 Å². The van der Waals surface area contributed by atoms with Crippen LogP contribution >= 0.6 is 0 Å². The number of hydrogen-bond donors (Lipinski definition) is 1. The second kappa shape index (κ2) is 10.2. The number of methoxy groups -OCH3 is 1. The fourth-order valence-electron chi connectivity index (χ4n) is 3.55. The Bertz CT molecular complexity index is 1030. The molecule has 2 aromatic carbocycles. The molecule has 7 heteroatoms. The highest BCUT2D eigenvalue weighted by Crippen LogP contribution is 2.34. The van der Waals surface area contributed by atoms with Gasteiger partial charge in [0.2, 0.25) is 0 Å². The summed E-state index contributed by atoms with van der Waals surface area (Å²) in [5, 5.41) is 4.27. The highest BCUT2D eigenvalue weighted by Gasteiger charge is 2.14. The van der Waals surface area contributed by atoms with E-state index in [1.165, 1.54) is 0 Å². The molecule has 0 atom stereocenters. The Labute approximate surface area is 182 Å². The first-order chi connectivity index (χ1) is 15.3. The van der Waals surface area contributed by atoms with E-state index in [0.29, 0.717) is 18.1 Å². The van der Waals surface area contributed by atoms with Gasteiger partial charge in [0.15, 0.2) is 11.5 Å². The van der Waals surface area contributed by atoms with E-state index in [9.17, 15) is 0 Å². The molecule has 7 nitrogen and oxygen atoms in total. The second-order valence-electron chi connectivity index (χ2n) is 7.29. The Balaban J connectivity index is 1.54. The number of allylic oxidation sites excluding steroid dienone is 1. The second-order valence-corrected chi connectivity index (χ2v) is 7.29. The number of nitrogens with zero attached hydrogens (tertiary/aromatic N) is 3. The largest absolute Gasteiger partial charge is 0.493 e. The van der Waals surface area contributed by atoms with Gasteiger partial charge < -0.3 is 19.5 Å². The number of rotatable bonds is 8. The molecule has 1 saturated heterocycles. The lowest BCUT2D eigenvalue weighted by molar-refractivity contribution is 0.0321.